The molecule has 8 heteroatoms. The molecule has 0 fully saturated rings. The average Bonchev–Trinajstić information content (AvgIpc) is 3.06. The number of halogens is 1. The van der Waals surface area contributed by atoms with Gasteiger partial charge in [0.2, 0.25) is 5.91 Å². The second-order valence-corrected chi connectivity index (χ2v) is 6.18. The van der Waals surface area contributed by atoms with Gasteiger partial charge in [-0.05, 0) is 24.3 Å². The van der Waals surface area contributed by atoms with Gasteiger partial charge in [0.1, 0.15) is 11.5 Å². The predicted octanol–water partition coefficient (Wildman–Crippen LogP) is 3.40. The number of rotatable bonds is 7. The van der Waals surface area contributed by atoms with Gasteiger partial charge in [-0.2, -0.15) is 0 Å². The van der Waals surface area contributed by atoms with Crippen LogP contribution >= 0.6 is 11.8 Å². The van der Waals surface area contributed by atoms with Crippen molar-refractivity contribution >= 4 is 23.4 Å². The van der Waals surface area contributed by atoms with Crippen molar-refractivity contribution in [3.05, 3.63) is 67.1 Å². The molecule has 2 aromatic heterocycles. The fourth-order valence-electron chi connectivity index (χ4n) is 2.25. The Kier molecular flexibility index (Phi) is 5.75. The van der Waals surface area contributed by atoms with E-state index in [1.165, 1.54) is 23.9 Å². The summed E-state index contributed by atoms with van der Waals surface area (Å²) in [6.45, 7) is 4.23. The molecule has 1 aromatic carbocycles. The molecule has 0 spiro atoms. The number of nitrogens with one attached hydrogen (secondary N) is 1. The molecule has 0 saturated heterocycles. The van der Waals surface area contributed by atoms with Crippen LogP contribution in [-0.4, -0.2) is 31.4 Å². The molecule has 0 bridgehead atoms. The molecule has 3 aromatic rings. The van der Waals surface area contributed by atoms with Crippen LogP contribution in [0.4, 0.5) is 10.1 Å². The van der Waals surface area contributed by atoms with E-state index in [0.29, 0.717) is 23.2 Å². The summed E-state index contributed by atoms with van der Waals surface area (Å²) in [7, 11) is 0. The zero-order valence-electron chi connectivity index (χ0n) is 13.8. The van der Waals surface area contributed by atoms with Crippen molar-refractivity contribution in [2.45, 2.75) is 11.7 Å². The molecule has 0 atom stereocenters. The smallest absolute Gasteiger partial charge is 0.234 e. The van der Waals surface area contributed by atoms with Gasteiger partial charge in [0.15, 0.2) is 11.0 Å². The predicted molar refractivity (Wildman–Crippen MR) is 99.2 cm³/mol. The van der Waals surface area contributed by atoms with Gasteiger partial charge in [-0.15, -0.1) is 16.8 Å². The monoisotopic (exact) mass is 369 g/mol. The van der Waals surface area contributed by atoms with E-state index in [4.69, 9.17) is 0 Å². The lowest BCUT2D eigenvalue weighted by molar-refractivity contribution is -0.113. The highest BCUT2D eigenvalue weighted by molar-refractivity contribution is 7.99. The summed E-state index contributed by atoms with van der Waals surface area (Å²) in [6, 6.07) is 11.6. The molecule has 0 saturated carbocycles. The molecular formula is C18H16FN5OS. The third kappa shape index (κ3) is 4.15. The fourth-order valence-corrected chi connectivity index (χ4v) is 3.00. The van der Waals surface area contributed by atoms with Crippen molar-refractivity contribution in [2.75, 3.05) is 11.1 Å². The summed E-state index contributed by atoms with van der Waals surface area (Å²) >= 11 is 1.22. The van der Waals surface area contributed by atoms with Gasteiger partial charge in [0.05, 0.1) is 11.4 Å². The van der Waals surface area contributed by atoms with Crippen LogP contribution < -0.4 is 5.32 Å². The first-order chi connectivity index (χ1) is 12.7. The Morgan fingerprint density at radius 3 is 2.77 bits per heavy atom. The van der Waals surface area contributed by atoms with Crippen molar-refractivity contribution in [3.8, 4) is 11.5 Å². The van der Waals surface area contributed by atoms with E-state index in [1.807, 2.05) is 22.8 Å². The van der Waals surface area contributed by atoms with Crippen molar-refractivity contribution in [1.82, 2.24) is 19.7 Å². The molecule has 2 heterocycles. The second kappa shape index (κ2) is 8.39. The first-order valence-corrected chi connectivity index (χ1v) is 8.80. The third-order valence-electron chi connectivity index (χ3n) is 3.40. The summed E-state index contributed by atoms with van der Waals surface area (Å²) < 4.78 is 15.4. The number of para-hydroxylation sites is 1. The van der Waals surface area contributed by atoms with Crippen molar-refractivity contribution < 1.29 is 9.18 Å². The number of benzene rings is 1. The number of aromatic nitrogens is 4. The number of amides is 1. The van der Waals surface area contributed by atoms with Gasteiger partial charge in [0, 0.05) is 12.7 Å². The normalized spacial score (nSPS) is 10.5. The van der Waals surface area contributed by atoms with Gasteiger partial charge in [-0.1, -0.05) is 36.0 Å². The first kappa shape index (κ1) is 17.8. The minimum absolute atomic E-state index is 0.0752. The zero-order chi connectivity index (χ0) is 18.4. The van der Waals surface area contributed by atoms with E-state index >= 15 is 0 Å². The lowest BCUT2D eigenvalue weighted by atomic mass is 10.3. The number of carbonyl (C=O) groups is 1. The summed E-state index contributed by atoms with van der Waals surface area (Å²) in [5, 5.41) is 11.4. The summed E-state index contributed by atoms with van der Waals surface area (Å²) in [4.78, 5) is 16.4. The standard InChI is InChI=1S/C18H16FN5OS/c1-2-11-24-17(15-9-5-6-10-20-15)22-23-18(24)26-12-16(25)21-14-8-4-3-7-13(14)19/h2-10H,1,11-12H2,(H,21,25). The van der Waals surface area contributed by atoms with E-state index < -0.39 is 5.82 Å². The Morgan fingerprint density at radius 2 is 2.04 bits per heavy atom. The minimum atomic E-state index is -0.474. The maximum atomic E-state index is 13.6. The molecule has 132 valence electrons. The molecule has 26 heavy (non-hydrogen) atoms. The van der Waals surface area contributed by atoms with Crippen LogP contribution in [0.15, 0.2) is 66.5 Å². The van der Waals surface area contributed by atoms with E-state index in [0.717, 1.165) is 0 Å². The number of thioether (sulfide) groups is 1. The van der Waals surface area contributed by atoms with Crippen LogP contribution in [0.5, 0.6) is 0 Å². The van der Waals surface area contributed by atoms with Crippen LogP contribution in [0.3, 0.4) is 0 Å². The number of pyridine rings is 1. The van der Waals surface area contributed by atoms with Crippen molar-refractivity contribution in [2.24, 2.45) is 0 Å². The Labute approximate surface area is 154 Å². The van der Waals surface area contributed by atoms with Crippen LogP contribution in [0.25, 0.3) is 11.5 Å². The quantitative estimate of drug-likeness (QED) is 0.510. The lowest BCUT2D eigenvalue weighted by Crippen LogP contribution is -2.15. The van der Waals surface area contributed by atoms with Crippen LogP contribution in [0, 0.1) is 5.82 Å². The van der Waals surface area contributed by atoms with Gasteiger partial charge in [-0.25, -0.2) is 4.39 Å². The topological polar surface area (TPSA) is 72.7 Å². The van der Waals surface area contributed by atoms with E-state index in [9.17, 15) is 9.18 Å². The molecule has 0 aliphatic carbocycles. The third-order valence-corrected chi connectivity index (χ3v) is 4.37. The van der Waals surface area contributed by atoms with Crippen LogP contribution in [-0.2, 0) is 11.3 Å². The van der Waals surface area contributed by atoms with E-state index in [-0.39, 0.29) is 17.3 Å². The minimum Gasteiger partial charge on any atom is -0.323 e. The van der Waals surface area contributed by atoms with E-state index in [1.54, 1.807) is 24.4 Å². The Balaban J connectivity index is 1.72. The highest BCUT2D eigenvalue weighted by Gasteiger charge is 2.16. The Bertz CT molecular complexity index is 913. The SMILES string of the molecule is C=CCn1c(SCC(=O)Nc2ccccc2F)nnc1-c1ccccn1. The maximum absolute atomic E-state index is 13.6. The lowest BCUT2D eigenvalue weighted by Gasteiger charge is -2.08. The zero-order valence-corrected chi connectivity index (χ0v) is 14.6. The highest BCUT2D eigenvalue weighted by atomic mass is 32.2. The summed E-state index contributed by atoms with van der Waals surface area (Å²) in [5.41, 5.74) is 0.837. The number of anilines is 1. The number of hydrogen-bond donors (Lipinski definition) is 1. The van der Waals surface area contributed by atoms with Gasteiger partial charge in [0.25, 0.3) is 0 Å². The molecule has 0 radical (unpaired) electrons. The molecule has 1 N–H and O–H groups in total. The molecule has 1 amide bonds. The summed E-state index contributed by atoms with van der Waals surface area (Å²) in [5.74, 6) is -0.125. The summed E-state index contributed by atoms with van der Waals surface area (Å²) in [6.07, 6.45) is 3.40. The fraction of sp³-hybridized carbons (Fsp3) is 0.111. The molecular weight excluding hydrogens is 353 g/mol. The Hall–Kier alpha value is -3.00. The van der Waals surface area contributed by atoms with Crippen molar-refractivity contribution in [3.63, 3.8) is 0 Å². The van der Waals surface area contributed by atoms with Gasteiger partial charge >= 0.3 is 0 Å². The molecule has 0 unspecified atom stereocenters. The van der Waals surface area contributed by atoms with E-state index in [2.05, 4.69) is 27.1 Å². The number of allylic oxidation sites excluding steroid dienone is 1. The average molecular weight is 369 g/mol. The molecule has 0 aliphatic rings. The van der Waals surface area contributed by atoms with Gasteiger partial charge in [-0.3, -0.25) is 14.3 Å². The number of carbonyl (C=O) groups excluding carboxylic acids is 1. The van der Waals surface area contributed by atoms with Crippen molar-refractivity contribution in [1.29, 1.82) is 0 Å². The number of hydrogen-bond acceptors (Lipinski definition) is 5. The highest BCUT2D eigenvalue weighted by Crippen LogP contribution is 2.23. The van der Waals surface area contributed by atoms with Crippen LogP contribution in [0.1, 0.15) is 0 Å². The second-order valence-electron chi connectivity index (χ2n) is 5.24. The maximum Gasteiger partial charge on any atom is 0.234 e. The molecule has 0 aliphatic heterocycles. The van der Waals surface area contributed by atoms with Gasteiger partial charge < -0.3 is 5.32 Å². The largest absolute Gasteiger partial charge is 0.323 e. The number of nitrogens with zero attached hydrogens (tertiary/aromatic N) is 4. The first-order valence-electron chi connectivity index (χ1n) is 7.81. The Morgan fingerprint density at radius 1 is 1.23 bits per heavy atom. The van der Waals surface area contributed by atoms with Crippen LogP contribution in [0.2, 0.25) is 0 Å². The molecule has 6 nitrogen and oxygen atoms in total. The molecule has 3 rings (SSSR count).